The van der Waals surface area contributed by atoms with Crippen molar-refractivity contribution in [2.45, 2.75) is 6.54 Å². The van der Waals surface area contributed by atoms with Crippen LogP contribution >= 0.6 is 15.9 Å². The summed E-state index contributed by atoms with van der Waals surface area (Å²) in [5.74, 6) is -0.140. The highest BCUT2D eigenvalue weighted by Gasteiger charge is 2.10. The summed E-state index contributed by atoms with van der Waals surface area (Å²) in [4.78, 5) is 24.0. The van der Waals surface area contributed by atoms with Gasteiger partial charge in [0.25, 0.3) is 5.91 Å². The zero-order valence-corrected chi connectivity index (χ0v) is 20.0. The lowest BCUT2D eigenvalue weighted by Crippen LogP contribution is -2.24. The molecule has 0 saturated carbocycles. The highest BCUT2D eigenvalue weighted by Crippen LogP contribution is 2.22. The normalized spacial score (nSPS) is 11.0. The first kappa shape index (κ1) is 23.3. The first-order chi connectivity index (χ1) is 16.5. The molecule has 0 bridgehead atoms. The summed E-state index contributed by atoms with van der Waals surface area (Å²) < 4.78 is 13.2. The molecule has 1 aromatic heterocycles. The third-order valence-electron chi connectivity index (χ3n) is 5.08. The van der Waals surface area contributed by atoms with Crippen molar-refractivity contribution in [3.8, 4) is 5.75 Å². The lowest BCUT2D eigenvalue weighted by atomic mass is 10.1. The van der Waals surface area contributed by atoms with Gasteiger partial charge in [-0.1, -0.05) is 52.3 Å². The van der Waals surface area contributed by atoms with Gasteiger partial charge in [0.1, 0.15) is 5.75 Å². The zero-order chi connectivity index (χ0) is 23.9. The van der Waals surface area contributed by atoms with E-state index in [0.29, 0.717) is 17.9 Å². The first-order valence-electron chi connectivity index (χ1n) is 10.5. The van der Waals surface area contributed by atoms with E-state index < -0.39 is 0 Å². The van der Waals surface area contributed by atoms with E-state index in [2.05, 4.69) is 31.0 Å². The summed E-state index contributed by atoms with van der Waals surface area (Å²) >= 11 is 3.37. The number of halogens is 1. The number of esters is 1. The Labute approximate surface area is 205 Å². The van der Waals surface area contributed by atoms with Crippen molar-refractivity contribution in [1.82, 2.24) is 9.99 Å². The number of benzene rings is 3. The monoisotopic (exact) mass is 519 g/mol. The van der Waals surface area contributed by atoms with E-state index in [1.54, 1.807) is 24.4 Å². The van der Waals surface area contributed by atoms with Crippen molar-refractivity contribution < 1.29 is 19.1 Å². The molecule has 1 heterocycles. The minimum atomic E-state index is -0.369. The molecule has 34 heavy (non-hydrogen) atoms. The number of aromatic nitrogens is 1. The van der Waals surface area contributed by atoms with E-state index in [-0.39, 0.29) is 18.5 Å². The number of fused-ring (bicyclic) bond motifs is 1. The van der Waals surface area contributed by atoms with Crippen LogP contribution in [0.1, 0.15) is 21.5 Å². The molecule has 1 N–H and O–H groups in total. The van der Waals surface area contributed by atoms with Crippen molar-refractivity contribution in [2.75, 3.05) is 13.7 Å². The van der Waals surface area contributed by atoms with Gasteiger partial charge in [0.2, 0.25) is 0 Å². The van der Waals surface area contributed by atoms with Crippen molar-refractivity contribution >= 4 is 44.9 Å². The summed E-state index contributed by atoms with van der Waals surface area (Å²) in [7, 11) is 1.37. The largest absolute Gasteiger partial charge is 0.484 e. The summed E-state index contributed by atoms with van der Waals surface area (Å²) in [5.41, 5.74) is 5.83. The molecular formula is C26H22BrN3O4. The molecule has 1 amide bonds. The van der Waals surface area contributed by atoms with Crippen LogP contribution in [0.5, 0.6) is 5.75 Å². The molecule has 0 radical (unpaired) electrons. The number of hydrogen-bond donors (Lipinski definition) is 1. The summed E-state index contributed by atoms with van der Waals surface area (Å²) in [6, 6.07) is 22.5. The van der Waals surface area contributed by atoms with Crippen LogP contribution in [0.25, 0.3) is 10.9 Å². The SMILES string of the molecule is COC(=O)c1cccc(Cn2cc(/C=N/NC(=O)COc3cccc(Br)c3)c3ccccc32)c1. The molecule has 4 rings (SSSR count). The van der Waals surface area contributed by atoms with Gasteiger partial charge in [-0.25, -0.2) is 10.2 Å². The van der Waals surface area contributed by atoms with Crippen molar-refractivity contribution in [3.05, 3.63) is 100 Å². The number of ether oxygens (including phenoxy) is 2. The van der Waals surface area contributed by atoms with Gasteiger partial charge in [-0.05, 0) is 42.0 Å². The van der Waals surface area contributed by atoms with E-state index in [9.17, 15) is 9.59 Å². The number of hydrazone groups is 1. The Kier molecular flexibility index (Phi) is 7.39. The van der Waals surface area contributed by atoms with Crippen molar-refractivity contribution in [1.29, 1.82) is 0 Å². The molecule has 8 heteroatoms. The van der Waals surface area contributed by atoms with Crippen LogP contribution in [0.2, 0.25) is 0 Å². The number of nitrogens with one attached hydrogen (secondary N) is 1. The van der Waals surface area contributed by atoms with E-state index in [4.69, 9.17) is 9.47 Å². The van der Waals surface area contributed by atoms with Crippen LogP contribution in [-0.4, -0.2) is 36.4 Å². The molecule has 4 aromatic rings. The Bertz CT molecular complexity index is 1360. The Hall–Kier alpha value is -3.91. The second kappa shape index (κ2) is 10.8. The highest BCUT2D eigenvalue weighted by atomic mass is 79.9. The average molecular weight is 520 g/mol. The van der Waals surface area contributed by atoms with Gasteiger partial charge in [0, 0.05) is 33.7 Å². The van der Waals surface area contributed by atoms with E-state index in [1.807, 2.05) is 60.8 Å². The van der Waals surface area contributed by atoms with E-state index in [1.165, 1.54) is 7.11 Å². The van der Waals surface area contributed by atoms with Gasteiger partial charge in [-0.3, -0.25) is 4.79 Å². The minimum absolute atomic E-state index is 0.147. The fourth-order valence-corrected chi connectivity index (χ4v) is 3.91. The van der Waals surface area contributed by atoms with Gasteiger partial charge >= 0.3 is 5.97 Å². The smallest absolute Gasteiger partial charge is 0.337 e. The number of carbonyl (C=O) groups excluding carboxylic acids is 2. The number of para-hydroxylation sites is 1. The fraction of sp³-hybridized carbons (Fsp3) is 0.115. The molecule has 172 valence electrons. The first-order valence-corrected chi connectivity index (χ1v) is 11.3. The van der Waals surface area contributed by atoms with Crippen LogP contribution in [0.15, 0.2) is 88.6 Å². The lowest BCUT2D eigenvalue weighted by molar-refractivity contribution is -0.123. The maximum Gasteiger partial charge on any atom is 0.337 e. The molecule has 0 fully saturated rings. The quantitative estimate of drug-likeness (QED) is 0.206. The Balaban J connectivity index is 1.46. The number of hydrogen-bond acceptors (Lipinski definition) is 5. The third kappa shape index (κ3) is 5.71. The van der Waals surface area contributed by atoms with Gasteiger partial charge in [-0.15, -0.1) is 0 Å². The Morgan fingerprint density at radius 2 is 1.88 bits per heavy atom. The van der Waals surface area contributed by atoms with Gasteiger partial charge in [-0.2, -0.15) is 5.10 Å². The van der Waals surface area contributed by atoms with E-state index >= 15 is 0 Å². The zero-order valence-electron chi connectivity index (χ0n) is 18.4. The Morgan fingerprint density at radius 3 is 2.71 bits per heavy atom. The minimum Gasteiger partial charge on any atom is -0.484 e. The number of amides is 1. The van der Waals surface area contributed by atoms with Crippen LogP contribution in [0.4, 0.5) is 0 Å². The molecule has 0 saturated heterocycles. The lowest BCUT2D eigenvalue weighted by Gasteiger charge is -2.07. The number of carbonyl (C=O) groups is 2. The number of rotatable bonds is 8. The summed E-state index contributed by atoms with van der Waals surface area (Å²) in [6.45, 7) is 0.415. The molecule has 3 aromatic carbocycles. The molecule has 0 atom stereocenters. The molecule has 0 spiro atoms. The van der Waals surface area contributed by atoms with Crippen LogP contribution < -0.4 is 10.2 Å². The summed E-state index contributed by atoms with van der Waals surface area (Å²) in [5, 5.41) is 5.10. The molecular weight excluding hydrogens is 498 g/mol. The maximum absolute atomic E-state index is 12.1. The van der Waals surface area contributed by atoms with Gasteiger partial charge < -0.3 is 14.0 Å². The Morgan fingerprint density at radius 1 is 1.06 bits per heavy atom. The highest BCUT2D eigenvalue weighted by molar-refractivity contribution is 9.10. The number of methoxy groups -OCH3 is 1. The standard InChI is InChI=1S/C26H22BrN3O4/c1-33-26(32)19-7-4-6-18(12-19)15-30-16-20(23-10-2-3-11-24(23)30)14-28-29-25(31)17-34-22-9-5-8-21(27)13-22/h2-14,16H,15,17H2,1H3,(H,29,31)/b28-14+. The third-order valence-corrected chi connectivity index (χ3v) is 5.57. The van der Waals surface area contributed by atoms with Crippen molar-refractivity contribution in [3.63, 3.8) is 0 Å². The molecule has 7 nitrogen and oxygen atoms in total. The predicted octanol–water partition coefficient (Wildman–Crippen LogP) is 4.77. The van der Waals surface area contributed by atoms with Gasteiger partial charge in [0.05, 0.1) is 18.9 Å². The van der Waals surface area contributed by atoms with Gasteiger partial charge in [0.15, 0.2) is 6.61 Å². The molecule has 0 aliphatic heterocycles. The molecule has 0 unspecified atom stereocenters. The fourth-order valence-electron chi connectivity index (χ4n) is 3.53. The average Bonchev–Trinajstić information content (AvgIpc) is 3.20. The second-order valence-corrected chi connectivity index (χ2v) is 8.38. The van der Waals surface area contributed by atoms with Crippen LogP contribution in [-0.2, 0) is 16.1 Å². The van der Waals surface area contributed by atoms with Crippen LogP contribution in [0.3, 0.4) is 0 Å². The van der Waals surface area contributed by atoms with Crippen molar-refractivity contribution in [2.24, 2.45) is 5.10 Å². The number of nitrogens with zero attached hydrogens (tertiary/aromatic N) is 2. The molecule has 0 aliphatic rings. The maximum atomic E-state index is 12.1. The predicted molar refractivity (Wildman–Crippen MR) is 134 cm³/mol. The van der Waals surface area contributed by atoms with E-state index in [0.717, 1.165) is 26.5 Å². The van der Waals surface area contributed by atoms with Crippen LogP contribution in [0, 0.1) is 0 Å². The molecule has 0 aliphatic carbocycles. The second-order valence-electron chi connectivity index (χ2n) is 7.46. The summed E-state index contributed by atoms with van der Waals surface area (Å²) in [6.07, 6.45) is 3.57. The topological polar surface area (TPSA) is 81.9 Å².